The zero-order valence-corrected chi connectivity index (χ0v) is 20.6. The van der Waals surface area contributed by atoms with Gasteiger partial charge in [-0.3, -0.25) is 0 Å². The molecule has 0 radical (unpaired) electrons. The van der Waals surface area contributed by atoms with E-state index >= 15 is 0 Å². The van der Waals surface area contributed by atoms with Gasteiger partial charge in [0.15, 0.2) is 23.0 Å². The number of rotatable bonds is 9. The summed E-state index contributed by atoms with van der Waals surface area (Å²) in [6, 6.07) is 14.0. The molecular formula is C27H26N2O7. The molecule has 2 aromatic carbocycles. The average molecular weight is 491 g/mol. The van der Waals surface area contributed by atoms with E-state index in [1.807, 2.05) is 19.1 Å². The Balaban J connectivity index is 2.00. The Morgan fingerprint density at radius 2 is 1.50 bits per heavy atom. The third-order valence-electron chi connectivity index (χ3n) is 5.67. The van der Waals surface area contributed by atoms with Crippen molar-refractivity contribution >= 4 is 16.9 Å². The molecule has 0 saturated carbocycles. The molecular weight excluding hydrogens is 464 g/mol. The Kier molecular flexibility index (Phi) is 7.10. The van der Waals surface area contributed by atoms with Gasteiger partial charge < -0.3 is 28.8 Å². The van der Waals surface area contributed by atoms with Crippen LogP contribution in [0.2, 0.25) is 0 Å². The van der Waals surface area contributed by atoms with Gasteiger partial charge in [0.1, 0.15) is 6.61 Å². The third kappa shape index (κ3) is 4.68. The number of carbonyl (C=O) groups is 1. The first kappa shape index (κ1) is 24.6. The molecule has 2 heterocycles. The number of hydrogen-bond donors (Lipinski definition) is 1. The van der Waals surface area contributed by atoms with Gasteiger partial charge in [-0.2, -0.15) is 0 Å². The van der Waals surface area contributed by atoms with E-state index in [0.29, 0.717) is 50.9 Å². The predicted molar refractivity (Wildman–Crippen MR) is 134 cm³/mol. The molecule has 0 unspecified atom stereocenters. The lowest BCUT2D eigenvalue weighted by molar-refractivity contribution is 0.0694. The summed E-state index contributed by atoms with van der Waals surface area (Å²) in [6.07, 6.45) is 0. The number of aromatic carboxylic acids is 1. The van der Waals surface area contributed by atoms with E-state index in [-0.39, 0.29) is 17.9 Å². The first-order valence-corrected chi connectivity index (χ1v) is 11.0. The molecule has 0 aliphatic rings. The van der Waals surface area contributed by atoms with Crippen molar-refractivity contribution in [2.45, 2.75) is 13.5 Å². The number of aromatic nitrogens is 2. The van der Waals surface area contributed by atoms with E-state index in [9.17, 15) is 9.90 Å². The summed E-state index contributed by atoms with van der Waals surface area (Å²) in [7, 11) is 6.10. The molecule has 4 aromatic rings. The summed E-state index contributed by atoms with van der Waals surface area (Å²) in [5.74, 6) is 1.10. The summed E-state index contributed by atoms with van der Waals surface area (Å²) in [4.78, 5) is 21.6. The van der Waals surface area contributed by atoms with Crippen LogP contribution in [0.1, 0.15) is 21.7 Å². The van der Waals surface area contributed by atoms with Crippen molar-refractivity contribution < 1.29 is 33.6 Å². The van der Waals surface area contributed by atoms with Crippen molar-refractivity contribution in [3.8, 4) is 40.0 Å². The zero-order chi connectivity index (χ0) is 25.8. The zero-order valence-electron chi connectivity index (χ0n) is 20.6. The minimum atomic E-state index is -1.15. The fraction of sp³-hybridized carbons (Fsp3) is 0.222. The minimum absolute atomic E-state index is 0.00501. The standard InChI is InChI=1S/C27H26N2O7/c1-15-7-6-8-24(28-15)36-14-19-26(27(30)31)25(16-9-10-20(32-2)21(11-16)33-3)17-12-22(34-4)23(35-5)13-18(17)29-19/h6-13H,14H2,1-5H3,(H,30,31). The number of carboxylic acids is 1. The fourth-order valence-corrected chi connectivity index (χ4v) is 4.01. The number of nitrogens with zero attached hydrogens (tertiary/aromatic N) is 2. The van der Waals surface area contributed by atoms with Gasteiger partial charge in [0.05, 0.1) is 45.2 Å². The highest BCUT2D eigenvalue weighted by Crippen LogP contribution is 2.41. The highest BCUT2D eigenvalue weighted by molar-refractivity contribution is 6.08. The molecule has 4 rings (SSSR count). The normalized spacial score (nSPS) is 10.7. The quantitative estimate of drug-likeness (QED) is 0.350. The van der Waals surface area contributed by atoms with Gasteiger partial charge in [-0.05, 0) is 36.8 Å². The Labute approximate surface area is 208 Å². The van der Waals surface area contributed by atoms with Crippen LogP contribution in [0.4, 0.5) is 0 Å². The highest BCUT2D eigenvalue weighted by atomic mass is 16.5. The van der Waals surface area contributed by atoms with Gasteiger partial charge in [-0.1, -0.05) is 12.1 Å². The van der Waals surface area contributed by atoms with Gasteiger partial charge in [-0.15, -0.1) is 0 Å². The molecule has 0 atom stereocenters. The number of methoxy groups -OCH3 is 4. The van der Waals surface area contributed by atoms with Gasteiger partial charge in [0.25, 0.3) is 0 Å². The molecule has 2 aromatic heterocycles. The summed E-state index contributed by atoms with van der Waals surface area (Å²) in [5.41, 5.74) is 2.55. The number of hydrogen-bond acceptors (Lipinski definition) is 8. The monoisotopic (exact) mass is 490 g/mol. The molecule has 0 fully saturated rings. The van der Waals surface area contributed by atoms with Crippen LogP contribution in [0.15, 0.2) is 48.5 Å². The number of aryl methyl sites for hydroxylation is 1. The van der Waals surface area contributed by atoms with Gasteiger partial charge in [-0.25, -0.2) is 14.8 Å². The summed E-state index contributed by atoms with van der Waals surface area (Å²) in [5, 5.41) is 10.9. The molecule has 186 valence electrons. The summed E-state index contributed by atoms with van der Waals surface area (Å²) >= 11 is 0. The lowest BCUT2D eigenvalue weighted by Crippen LogP contribution is -2.12. The van der Waals surface area contributed by atoms with Gasteiger partial charge >= 0.3 is 5.97 Å². The van der Waals surface area contributed by atoms with Crippen molar-refractivity contribution in [3.05, 3.63) is 65.5 Å². The van der Waals surface area contributed by atoms with E-state index < -0.39 is 5.97 Å². The molecule has 0 aliphatic carbocycles. The topological polar surface area (TPSA) is 109 Å². The van der Waals surface area contributed by atoms with Crippen LogP contribution in [-0.2, 0) is 6.61 Å². The third-order valence-corrected chi connectivity index (χ3v) is 5.67. The fourth-order valence-electron chi connectivity index (χ4n) is 4.01. The molecule has 9 nitrogen and oxygen atoms in total. The van der Waals surface area contributed by atoms with Crippen LogP contribution >= 0.6 is 0 Å². The van der Waals surface area contributed by atoms with Gasteiger partial charge in [0.2, 0.25) is 5.88 Å². The van der Waals surface area contributed by atoms with Crippen LogP contribution < -0.4 is 23.7 Å². The van der Waals surface area contributed by atoms with Crippen LogP contribution in [0.5, 0.6) is 28.9 Å². The maximum absolute atomic E-state index is 12.7. The van der Waals surface area contributed by atoms with Crippen molar-refractivity contribution in [1.29, 1.82) is 0 Å². The van der Waals surface area contributed by atoms with E-state index in [4.69, 9.17) is 23.7 Å². The lowest BCUT2D eigenvalue weighted by atomic mass is 9.93. The van der Waals surface area contributed by atoms with Crippen LogP contribution in [0, 0.1) is 6.92 Å². The first-order valence-electron chi connectivity index (χ1n) is 11.0. The number of fused-ring (bicyclic) bond motifs is 1. The Hall–Kier alpha value is -4.53. The van der Waals surface area contributed by atoms with Crippen molar-refractivity contribution in [1.82, 2.24) is 9.97 Å². The number of benzene rings is 2. The maximum atomic E-state index is 12.7. The smallest absolute Gasteiger partial charge is 0.338 e. The SMILES string of the molecule is COc1ccc(-c2c(C(=O)O)c(COc3cccc(C)n3)nc3cc(OC)c(OC)cc23)cc1OC. The molecule has 1 N–H and O–H groups in total. The molecule has 0 saturated heterocycles. The number of carboxylic acid groups (broad SMARTS) is 1. The van der Waals surface area contributed by atoms with Crippen LogP contribution in [0.3, 0.4) is 0 Å². The maximum Gasteiger partial charge on any atom is 0.338 e. The molecule has 0 bridgehead atoms. The molecule has 36 heavy (non-hydrogen) atoms. The largest absolute Gasteiger partial charge is 0.493 e. The number of pyridine rings is 2. The second kappa shape index (κ2) is 10.4. The Morgan fingerprint density at radius 3 is 2.14 bits per heavy atom. The second-order valence-corrected chi connectivity index (χ2v) is 7.81. The summed E-state index contributed by atoms with van der Waals surface area (Å²) < 4.78 is 27.6. The van der Waals surface area contributed by atoms with Crippen LogP contribution in [0.25, 0.3) is 22.0 Å². The Morgan fingerprint density at radius 1 is 0.833 bits per heavy atom. The van der Waals surface area contributed by atoms with Crippen molar-refractivity contribution in [2.75, 3.05) is 28.4 Å². The number of ether oxygens (including phenoxy) is 5. The highest BCUT2D eigenvalue weighted by Gasteiger charge is 2.25. The predicted octanol–water partition coefficient (Wildman–Crippen LogP) is 4.92. The van der Waals surface area contributed by atoms with E-state index in [0.717, 1.165) is 5.69 Å². The summed E-state index contributed by atoms with van der Waals surface area (Å²) in [6.45, 7) is 1.74. The average Bonchev–Trinajstić information content (AvgIpc) is 2.89. The van der Waals surface area contributed by atoms with Crippen molar-refractivity contribution in [3.63, 3.8) is 0 Å². The van der Waals surface area contributed by atoms with E-state index in [1.165, 1.54) is 28.4 Å². The van der Waals surface area contributed by atoms with Crippen LogP contribution in [-0.4, -0.2) is 49.5 Å². The second-order valence-electron chi connectivity index (χ2n) is 7.81. The van der Waals surface area contributed by atoms with Gasteiger partial charge in [0, 0.05) is 28.8 Å². The Bertz CT molecular complexity index is 1440. The van der Waals surface area contributed by atoms with Crippen molar-refractivity contribution in [2.24, 2.45) is 0 Å². The molecule has 0 amide bonds. The minimum Gasteiger partial charge on any atom is -0.493 e. The van der Waals surface area contributed by atoms with E-state index in [2.05, 4.69) is 9.97 Å². The van der Waals surface area contributed by atoms with E-state index in [1.54, 1.807) is 36.4 Å². The molecule has 0 aliphatic heterocycles. The molecule has 0 spiro atoms. The lowest BCUT2D eigenvalue weighted by Gasteiger charge is -2.18. The first-order chi connectivity index (χ1) is 17.4. The molecule has 9 heteroatoms.